The highest BCUT2D eigenvalue weighted by Gasteiger charge is 2.14. The maximum absolute atomic E-state index is 12.3. The summed E-state index contributed by atoms with van der Waals surface area (Å²) >= 11 is 0. The van der Waals surface area contributed by atoms with Gasteiger partial charge in [0.2, 0.25) is 0 Å². The minimum atomic E-state index is -0.583. The Kier molecular flexibility index (Phi) is 4.50. The fourth-order valence-corrected chi connectivity index (χ4v) is 3.06. The van der Waals surface area contributed by atoms with Crippen molar-refractivity contribution in [3.63, 3.8) is 0 Å². The van der Waals surface area contributed by atoms with Gasteiger partial charge in [0.25, 0.3) is 5.69 Å². The maximum Gasteiger partial charge on any atom is 0.307 e. The second kappa shape index (κ2) is 7.28. The number of hydrogen-bond donors (Lipinski definition) is 1. The first kappa shape index (κ1) is 17.9. The summed E-state index contributed by atoms with van der Waals surface area (Å²) in [6.45, 7) is 0.200. The van der Waals surface area contributed by atoms with Gasteiger partial charge in [-0.3, -0.25) is 14.9 Å². The molecule has 0 unspecified atom stereocenters. The number of carbonyl (C=O) groups excluding carboxylic acids is 1. The zero-order valence-electron chi connectivity index (χ0n) is 14.9. The molecule has 2 aromatic carbocycles. The van der Waals surface area contributed by atoms with Crippen molar-refractivity contribution in [2.45, 2.75) is 6.54 Å². The van der Waals surface area contributed by atoms with Gasteiger partial charge in [-0.25, -0.2) is 5.43 Å². The van der Waals surface area contributed by atoms with Crippen molar-refractivity contribution in [2.24, 2.45) is 5.10 Å². The second-order valence-corrected chi connectivity index (χ2v) is 6.18. The van der Waals surface area contributed by atoms with Crippen LogP contribution in [0.5, 0.6) is 0 Å². The molecule has 4 aromatic rings. The molecule has 142 valence electrons. The number of benzene rings is 2. The lowest BCUT2D eigenvalue weighted by Gasteiger charge is -1.96. The summed E-state index contributed by atoms with van der Waals surface area (Å²) in [6, 6.07) is 15.2. The van der Waals surface area contributed by atoms with Gasteiger partial charge in [0, 0.05) is 40.2 Å². The van der Waals surface area contributed by atoms with Crippen LogP contribution in [0.4, 0.5) is 5.69 Å². The number of nitrogens with one attached hydrogen (secondary N) is 1. The Bertz CT molecular complexity index is 1330. The molecule has 0 atom stereocenters. The van der Waals surface area contributed by atoms with Crippen molar-refractivity contribution < 1.29 is 14.1 Å². The fraction of sp³-hybridized carbons (Fsp3) is 0.0500. The lowest BCUT2D eigenvalue weighted by atomic mass is 10.2. The molecule has 1 amide bonds. The zero-order chi connectivity index (χ0) is 20.4. The normalized spacial score (nSPS) is 11.1. The molecule has 0 bridgehead atoms. The van der Waals surface area contributed by atoms with Gasteiger partial charge in [-0.05, 0) is 18.2 Å². The van der Waals surface area contributed by atoms with E-state index in [2.05, 4.69) is 16.6 Å². The van der Waals surface area contributed by atoms with Gasteiger partial charge in [-0.2, -0.15) is 10.4 Å². The SMILES string of the molecule is N#CCn1cc(/C=N/NC(=O)c2cc3cc([N+](=O)[O-])ccc3o2)c2ccccc21. The summed E-state index contributed by atoms with van der Waals surface area (Å²) in [5, 5.41) is 25.1. The Morgan fingerprint density at radius 2 is 2.14 bits per heavy atom. The Balaban J connectivity index is 1.55. The summed E-state index contributed by atoms with van der Waals surface area (Å²) in [7, 11) is 0. The van der Waals surface area contributed by atoms with Crippen LogP contribution in [-0.4, -0.2) is 21.6 Å². The average molecular weight is 387 g/mol. The lowest BCUT2D eigenvalue weighted by molar-refractivity contribution is -0.384. The molecule has 0 radical (unpaired) electrons. The summed E-state index contributed by atoms with van der Waals surface area (Å²) in [5.41, 5.74) is 4.30. The van der Waals surface area contributed by atoms with Crippen molar-refractivity contribution in [1.29, 1.82) is 5.26 Å². The third kappa shape index (κ3) is 3.42. The van der Waals surface area contributed by atoms with E-state index in [-0.39, 0.29) is 18.0 Å². The van der Waals surface area contributed by atoms with E-state index in [1.54, 1.807) is 10.8 Å². The van der Waals surface area contributed by atoms with Crippen LogP contribution in [-0.2, 0) is 6.54 Å². The number of hydrazone groups is 1. The van der Waals surface area contributed by atoms with Gasteiger partial charge >= 0.3 is 5.91 Å². The van der Waals surface area contributed by atoms with Crippen LogP contribution in [0.25, 0.3) is 21.9 Å². The number of fused-ring (bicyclic) bond motifs is 2. The van der Waals surface area contributed by atoms with Gasteiger partial charge in [0.05, 0.1) is 17.2 Å². The van der Waals surface area contributed by atoms with Crippen molar-refractivity contribution >= 4 is 39.7 Å². The average Bonchev–Trinajstić information content (AvgIpc) is 3.30. The molecule has 9 nitrogen and oxygen atoms in total. The van der Waals surface area contributed by atoms with Crippen molar-refractivity contribution in [1.82, 2.24) is 9.99 Å². The monoisotopic (exact) mass is 387 g/mol. The Morgan fingerprint density at radius 3 is 2.93 bits per heavy atom. The smallest absolute Gasteiger partial charge is 0.307 e. The van der Waals surface area contributed by atoms with Crippen LogP contribution in [0.3, 0.4) is 0 Å². The molecule has 0 saturated carbocycles. The van der Waals surface area contributed by atoms with Gasteiger partial charge in [0.15, 0.2) is 5.76 Å². The Hall–Kier alpha value is -4.45. The topological polar surface area (TPSA) is 126 Å². The van der Waals surface area contributed by atoms with Crippen LogP contribution in [0.15, 0.2) is 64.2 Å². The third-order valence-electron chi connectivity index (χ3n) is 4.36. The largest absolute Gasteiger partial charge is 0.451 e. The van der Waals surface area contributed by atoms with E-state index in [0.29, 0.717) is 11.0 Å². The first-order valence-corrected chi connectivity index (χ1v) is 8.53. The number of nitriles is 1. The number of hydrogen-bond acceptors (Lipinski definition) is 6. The fourth-order valence-electron chi connectivity index (χ4n) is 3.06. The third-order valence-corrected chi connectivity index (χ3v) is 4.36. The predicted octanol–water partition coefficient (Wildman–Crippen LogP) is 3.58. The Labute approximate surface area is 163 Å². The van der Waals surface area contributed by atoms with E-state index >= 15 is 0 Å². The van der Waals surface area contributed by atoms with Crippen LogP contribution >= 0.6 is 0 Å². The lowest BCUT2D eigenvalue weighted by Crippen LogP contribution is -2.16. The molecule has 4 rings (SSSR count). The van der Waals surface area contributed by atoms with Crippen LogP contribution in [0.1, 0.15) is 16.1 Å². The molecule has 29 heavy (non-hydrogen) atoms. The van der Waals surface area contributed by atoms with E-state index in [4.69, 9.17) is 9.68 Å². The number of nitrogens with zero attached hydrogens (tertiary/aromatic N) is 4. The molecular formula is C20H13N5O4. The van der Waals surface area contributed by atoms with E-state index in [1.165, 1.54) is 30.5 Å². The minimum Gasteiger partial charge on any atom is -0.451 e. The zero-order valence-corrected chi connectivity index (χ0v) is 14.9. The maximum atomic E-state index is 12.3. The first-order chi connectivity index (χ1) is 14.1. The number of non-ortho nitro benzene ring substituents is 1. The number of furan rings is 1. The van der Waals surface area contributed by atoms with Crippen LogP contribution in [0.2, 0.25) is 0 Å². The molecule has 2 heterocycles. The summed E-state index contributed by atoms with van der Waals surface area (Å²) < 4.78 is 7.22. The second-order valence-electron chi connectivity index (χ2n) is 6.18. The van der Waals surface area contributed by atoms with Gasteiger partial charge in [0.1, 0.15) is 12.1 Å². The highest BCUT2D eigenvalue weighted by atomic mass is 16.6. The van der Waals surface area contributed by atoms with Crippen molar-refractivity contribution in [3.8, 4) is 6.07 Å². The minimum absolute atomic E-state index is 0.00967. The molecule has 0 aliphatic rings. The number of para-hydroxylation sites is 1. The number of nitro benzene ring substituents is 1. The molecule has 1 N–H and O–H groups in total. The van der Waals surface area contributed by atoms with E-state index in [0.717, 1.165) is 16.5 Å². The van der Waals surface area contributed by atoms with Crippen LogP contribution in [0, 0.1) is 21.4 Å². The number of nitro groups is 1. The number of rotatable bonds is 5. The van der Waals surface area contributed by atoms with Gasteiger partial charge in [-0.15, -0.1) is 0 Å². The van der Waals surface area contributed by atoms with E-state index in [9.17, 15) is 14.9 Å². The molecule has 0 saturated heterocycles. The van der Waals surface area contributed by atoms with Crippen molar-refractivity contribution in [3.05, 3.63) is 76.2 Å². The van der Waals surface area contributed by atoms with E-state index in [1.807, 2.05) is 24.3 Å². The number of aromatic nitrogens is 1. The summed E-state index contributed by atoms with van der Waals surface area (Å²) in [4.78, 5) is 22.6. The van der Waals surface area contributed by atoms with Gasteiger partial charge < -0.3 is 8.98 Å². The molecule has 0 aliphatic heterocycles. The number of carbonyl (C=O) groups is 1. The number of amides is 1. The summed E-state index contributed by atoms with van der Waals surface area (Å²) in [5.74, 6) is -0.592. The molecule has 0 spiro atoms. The van der Waals surface area contributed by atoms with Crippen LogP contribution < -0.4 is 5.43 Å². The molecular weight excluding hydrogens is 374 g/mol. The molecule has 0 fully saturated rings. The summed E-state index contributed by atoms with van der Waals surface area (Å²) in [6.07, 6.45) is 3.27. The predicted molar refractivity (Wildman–Crippen MR) is 105 cm³/mol. The van der Waals surface area contributed by atoms with E-state index < -0.39 is 10.8 Å². The quantitative estimate of drug-likeness (QED) is 0.318. The molecule has 0 aliphatic carbocycles. The standard InChI is InChI=1S/C20H13N5O4/c21-7-8-24-12-14(16-3-1-2-4-17(16)24)11-22-23-20(26)19-10-13-9-15(25(27)28)5-6-18(13)29-19/h1-6,9-12H,8H2,(H,23,26)/b22-11+. The molecule has 2 aromatic heterocycles. The first-order valence-electron chi connectivity index (χ1n) is 8.53. The highest BCUT2D eigenvalue weighted by Crippen LogP contribution is 2.24. The van der Waals surface area contributed by atoms with Gasteiger partial charge in [-0.1, -0.05) is 18.2 Å². The van der Waals surface area contributed by atoms with Crippen molar-refractivity contribution in [2.75, 3.05) is 0 Å². The highest BCUT2D eigenvalue weighted by molar-refractivity contribution is 6.01. The molecule has 9 heteroatoms. The Morgan fingerprint density at radius 1 is 1.31 bits per heavy atom.